The molecule has 30 heavy (non-hydrogen) atoms. The summed E-state index contributed by atoms with van der Waals surface area (Å²) in [6.07, 6.45) is 1.63. The van der Waals surface area contributed by atoms with E-state index < -0.39 is 5.97 Å². The third-order valence-electron chi connectivity index (χ3n) is 4.22. The highest BCUT2D eigenvalue weighted by atomic mass is 16.5. The number of nitrogens with zero attached hydrogens (tertiary/aromatic N) is 1. The van der Waals surface area contributed by atoms with Gasteiger partial charge in [0, 0.05) is 5.56 Å². The van der Waals surface area contributed by atoms with Gasteiger partial charge in [-0.1, -0.05) is 24.3 Å². The van der Waals surface area contributed by atoms with Crippen molar-refractivity contribution in [2.75, 3.05) is 12.5 Å². The predicted molar refractivity (Wildman–Crippen MR) is 113 cm³/mol. The van der Waals surface area contributed by atoms with E-state index in [0.717, 1.165) is 11.1 Å². The maximum Gasteiger partial charge on any atom is 0.337 e. The zero-order valence-electron chi connectivity index (χ0n) is 16.2. The number of hydrogen-bond acceptors (Lipinski definition) is 6. The Kier molecular flexibility index (Phi) is 6.78. The van der Waals surface area contributed by atoms with Crippen molar-refractivity contribution in [3.05, 3.63) is 95.1 Å². The van der Waals surface area contributed by atoms with Gasteiger partial charge < -0.3 is 14.6 Å². The van der Waals surface area contributed by atoms with Gasteiger partial charge in [0.2, 0.25) is 0 Å². The van der Waals surface area contributed by atoms with Crippen LogP contribution in [0.25, 0.3) is 0 Å². The average molecular weight is 404 g/mol. The van der Waals surface area contributed by atoms with Gasteiger partial charge in [0.1, 0.15) is 12.4 Å². The predicted octanol–water partition coefficient (Wildman–Crippen LogP) is 4.20. The number of hydrogen-bond donors (Lipinski definition) is 2. The van der Waals surface area contributed by atoms with Crippen LogP contribution < -0.4 is 10.2 Å². The average Bonchev–Trinajstić information content (AvgIpc) is 2.78. The van der Waals surface area contributed by atoms with Crippen LogP contribution in [-0.4, -0.2) is 30.4 Å². The summed E-state index contributed by atoms with van der Waals surface area (Å²) in [4.78, 5) is 22.4. The number of carbonyl (C=O) groups excluding carboxylic acids is 1. The SMILES string of the molecule is COC(=O)c1ccc(COc2ccccc2C=NNc2ccc(C(=O)O)cc2)cc1. The summed E-state index contributed by atoms with van der Waals surface area (Å²) in [6, 6.07) is 20.7. The van der Waals surface area contributed by atoms with E-state index in [-0.39, 0.29) is 11.5 Å². The third-order valence-corrected chi connectivity index (χ3v) is 4.22. The molecule has 0 saturated carbocycles. The number of para-hydroxylation sites is 1. The van der Waals surface area contributed by atoms with Crippen LogP contribution in [0.4, 0.5) is 5.69 Å². The number of nitrogens with one attached hydrogen (secondary N) is 1. The maximum absolute atomic E-state index is 11.5. The van der Waals surface area contributed by atoms with Crippen LogP contribution in [0.1, 0.15) is 31.8 Å². The summed E-state index contributed by atoms with van der Waals surface area (Å²) in [6.45, 7) is 0.330. The number of carboxylic acid groups (broad SMARTS) is 1. The van der Waals surface area contributed by atoms with Gasteiger partial charge in [0.25, 0.3) is 0 Å². The van der Waals surface area contributed by atoms with Crippen molar-refractivity contribution in [1.29, 1.82) is 0 Å². The first-order valence-electron chi connectivity index (χ1n) is 9.08. The minimum atomic E-state index is -0.976. The molecule has 0 aliphatic carbocycles. The lowest BCUT2D eigenvalue weighted by molar-refractivity contribution is 0.0599. The highest BCUT2D eigenvalue weighted by Crippen LogP contribution is 2.18. The monoisotopic (exact) mass is 404 g/mol. The quantitative estimate of drug-likeness (QED) is 0.332. The lowest BCUT2D eigenvalue weighted by atomic mass is 10.1. The normalized spacial score (nSPS) is 10.6. The number of carbonyl (C=O) groups is 2. The molecule has 0 heterocycles. The van der Waals surface area contributed by atoms with Crippen LogP contribution in [0.5, 0.6) is 5.75 Å². The molecule has 3 aromatic rings. The molecule has 7 heteroatoms. The van der Waals surface area contributed by atoms with E-state index in [2.05, 4.69) is 10.5 Å². The smallest absolute Gasteiger partial charge is 0.337 e. The van der Waals surface area contributed by atoms with Crippen molar-refractivity contribution < 1.29 is 24.2 Å². The number of rotatable bonds is 8. The number of aromatic carboxylic acids is 1. The molecule has 152 valence electrons. The first-order chi connectivity index (χ1) is 14.6. The van der Waals surface area contributed by atoms with E-state index >= 15 is 0 Å². The third kappa shape index (κ3) is 5.45. The maximum atomic E-state index is 11.5. The van der Waals surface area contributed by atoms with Crippen LogP contribution in [0.15, 0.2) is 77.9 Å². The van der Waals surface area contributed by atoms with Gasteiger partial charge in [0.15, 0.2) is 0 Å². The van der Waals surface area contributed by atoms with Crippen molar-refractivity contribution in [3.63, 3.8) is 0 Å². The van der Waals surface area contributed by atoms with Gasteiger partial charge in [0.05, 0.1) is 30.1 Å². The van der Waals surface area contributed by atoms with Gasteiger partial charge in [-0.05, 0) is 54.1 Å². The molecule has 0 aromatic heterocycles. The number of carboxylic acids is 1. The Morgan fingerprint density at radius 1 is 0.967 bits per heavy atom. The molecule has 3 rings (SSSR count). The summed E-state index contributed by atoms with van der Waals surface area (Å²) in [7, 11) is 1.35. The summed E-state index contributed by atoms with van der Waals surface area (Å²) in [5, 5.41) is 13.1. The van der Waals surface area contributed by atoms with E-state index in [9.17, 15) is 9.59 Å². The number of anilines is 1. The first-order valence-corrected chi connectivity index (χ1v) is 9.08. The zero-order chi connectivity index (χ0) is 21.3. The van der Waals surface area contributed by atoms with Crippen molar-refractivity contribution >= 4 is 23.8 Å². The Morgan fingerprint density at radius 3 is 2.30 bits per heavy atom. The van der Waals surface area contributed by atoms with Crippen molar-refractivity contribution in [2.45, 2.75) is 6.61 Å². The van der Waals surface area contributed by atoms with Crippen molar-refractivity contribution in [1.82, 2.24) is 0 Å². The fraction of sp³-hybridized carbons (Fsp3) is 0.0870. The fourth-order valence-corrected chi connectivity index (χ4v) is 2.60. The summed E-state index contributed by atoms with van der Waals surface area (Å²) < 4.78 is 10.6. The minimum absolute atomic E-state index is 0.211. The molecular formula is C23H20N2O5. The van der Waals surface area contributed by atoms with Crippen LogP contribution in [0.2, 0.25) is 0 Å². The van der Waals surface area contributed by atoms with E-state index in [1.165, 1.54) is 19.2 Å². The van der Waals surface area contributed by atoms with E-state index in [0.29, 0.717) is 23.6 Å². The van der Waals surface area contributed by atoms with Crippen LogP contribution in [0.3, 0.4) is 0 Å². The molecule has 7 nitrogen and oxygen atoms in total. The second-order valence-corrected chi connectivity index (χ2v) is 6.27. The number of methoxy groups -OCH3 is 1. The Labute approximate surface area is 173 Å². The Hall–Kier alpha value is -4.13. The lowest BCUT2D eigenvalue weighted by Gasteiger charge is -2.09. The van der Waals surface area contributed by atoms with E-state index in [4.69, 9.17) is 14.6 Å². The number of esters is 1. The molecule has 0 bridgehead atoms. The fourth-order valence-electron chi connectivity index (χ4n) is 2.60. The number of hydrazone groups is 1. The van der Waals surface area contributed by atoms with Gasteiger partial charge >= 0.3 is 11.9 Å². The van der Waals surface area contributed by atoms with Crippen LogP contribution in [0, 0.1) is 0 Å². The first kappa shape index (κ1) is 20.6. The molecule has 0 fully saturated rings. The Bertz CT molecular complexity index is 1040. The second-order valence-electron chi connectivity index (χ2n) is 6.27. The standard InChI is InChI=1S/C23H20N2O5/c1-29-23(28)18-8-6-16(7-9-18)15-30-21-5-3-2-4-19(21)14-24-25-20-12-10-17(11-13-20)22(26)27/h2-14,25H,15H2,1H3,(H,26,27). The summed E-state index contributed by atoms with van der Waals surface area (Å²) >= 11 is 0. The van der Waals surface area contributed by atoms with Crippen molar-refractivity contribution in [2.24, 2.45) is 5.10 Å². The lowest BCUT2D eigenvalue weighted by Crippen LogP contribution is -2.02. The summed E-state index contributed by atoms with van der Waals surface area (Å²) in [5.74, 6) is -0.702. The summed E-state index contributed by atoms with van der Waals surface area (Å²) in [5.41, 5.74) is 5.91. The molecule has 0 spiro atoms. The molecule has 0 atom stereocenters. The van der Waals surface area contributed by atoms with Crippen LogP contribution in [-0.2, 0) is 11.3 Å². The Morgan fingerprint density at radius 2 is 1.63 bits per heavy atom. The number of ether oxygens (including phenoxy) is 2. The molecule has 2 N–H and O–H groups in total. The molecule has 0 radical (unpaired) electrons. The molecule has 3 aromatic carbocycles. The largest absolute Gasteiger partial charge is 0.488 e. The molecule has 0 aliphatic heterocycles. The van der Waals surface area contributed by atoms with Gasteiger partial charge in [-0.3, -0.25) is 5.43 Å². The highest BCUT2D eigenvalue weighted by Gasteiger charge is 2.06. The van der Waals surface area contributed by atoms with E-state index in [1.807, 2.05) is 36.4 Å². The molecule has 0 saturated heterocycles. The topological polar surface area (TPSA) is 97.2 Å². The van der Waals surface area contributed by atoms with Gasteiger partial charge in [-0.2, -0.15) is 5.10 Å². The van der Waals surface area contributed by atoms with Crippen LogP contribution >= 0.6 is 0 Å². The van der Waals surface area contributed by atoms with Gasteiger partial charge in [-0.15, -0.1) is 0 Å². The second kappa shape index (κ2) is 9.88. The molecule has 0 aliphatic rings. The number of benzene rings is 3. The Balaban J connectivity index is 1.62. The minimum Gasteiger partial charge on any atom is -0.488 e. The molecule has 0 amide bonds. The highest BCUT2D eigenvalue weighted by molar-refractivity contribution is 5.89. The zero-order valence-corrected chi connectivity index (χ0v) is 16.2. The molecule has 0 unspecified atom stereocenters. The molecular weight excluding hydrogens is 384 g/mol. The van der Waals surface area contributed by atoms with Gasteiger partial charge in [-0.25, -0.2) is 9.59 Å². The van der Waals surface area contributed by atoms with Crippen molar-refractivity contribution in [3.8, 4) is 5.75 Å². The van der Waals surface area contributed by atoms with E-state index in [1.54, 1.807) is 30.5 Å².